The van der Waals surface area contributed by atoms with Crippen LogP contribution in [0, 0.1) is 10.1 Å². The lowest BCUT2D eigenvalue weighted by atomic mass is 10.2. The van der Waals surface area contributed by atoms with Gasteiger partial charge in [-0.1, -0.05) is 23.2 Å². The van der Waals surface area contributed by atoms with Crippen LogP contribution in [-0.4, -0.2) is 16.7 Å². The molecule has 2 amide bonds. The highest BCUT2D eigenvalue weighted by Gasteiger charge is 2.24. The average molecular weight is 291 g/mol. The summed E-state index contributed by atoms with van der Waals surface area (Å²) in [6.07, 6.45) is 0. The largest absolute Gasteiger partial charge is 0.274 e. The molecule has 0 saturated carbocycles. The first-order valence-corrected chi connectivity index (χ1v) is 5.46. The van der Waals surface area contributed by atoms with Crippen LogP contribution in [0.25, 0.3) is 0 Å². The van der Waals surface area contributed by atoms with Crippen molar-refractivity contribution in [2.45, 2.75) is 13.8 Å². The minimum Gasteiger partial charge on any atom is -0.274 e. The molecule has 0 radical (unpaired) electrons. The maximum atomic E-state index is 11.4. The molecule has 0 aliphatic carbocycles. The molecule has 0 heterocycles. The third kappa shape index (κ3) is 2.77. The van der Waals surface area contributed by atoms with E-state index in [1.165, 1.54) is 0 Å². The Morgan fingerprint density at radius 1 is 1.17 bits per heavy atom. The van der Waals surface area contributed by atoms with Crippen LogP contribution in [0.2, 0.25) is 10.0 Å². The van der Waals surface area contributed by atoms with Crippen molar-refractivity contribution in [3.05, 3.63) is 32.3 Å². The second kappa shape index (κ2) is 5.32. The summed E-state index contributed by atoms with van der Waals surface area (Å²) < 4.78 is 0. The number of imide groups is 1. The Hall–Kier alpha value is -1.66. The molecule has 0 bridgehead atoms. The number of nitro benzene ring substituents is 1. The number of nitrogens with zero attached hydrogens (tertiary/aromatic N) is 2. The lowest BCUT2D eigenvalue weighted by Crippen LogP contribution is -2.33. The van der Waals surface area contributed by atoms with Gasteiger partial charge in [-0.05, 0) is 0 Å². The highest BCUT2D eigenvalue weighted by atomic mass is 35.5. The van der Waals surface area contributed by atoms with Crippen LogP contribution in [-0.2, 0) is 9.59 Å². The van der Waals surface area contributed by atoms with Gasteiger partial charge < -0.3 is 0 Å². The van der Waals surface area contributed by atoms with Crippen molar-refractivity contribution < 1.29 is 14.5 Å². The lowest BCUT2D eigenvalue weighted by molar-refractivity contribution is -0.384. The summed E-state index contributed by atoms with van der Waals surface area (Å²) in [4.78, 5) is 33.4. The molecule has 1 aromatic carbocycles. The lowest BCUT2D eigenvalue weighted by Gasteiger charge is -2.19. The van der Waals surface area contributed by atoms with Crippen LogP contribution in [0.1, 0.15) is 13.8 Å². The van der Waals surface area contributed by atoms with Gasteiger partial charge in [0.2, 0.25) is 11.8 Å². The first-order valence-electron chi connectivity index (χ1n) is 4.70. The molecular formula is C10H8Cl2N2O4. The molecule has 6 nitrogen and oxygen atoms in total. The van der Waals surface area contributed by atoms with E-state index < -0.39 is 16.7 Å². The van der Waals surface area contributed by atoms with Crippen molar-refractivity contribution in [2.24, 2.45) is 0 Å². The first-order chi connectivity index (χ1) is 8.25. The molecule has 0 fully saturated rings. The molecule has 18 heavy (non-hydrogen) atoms. The summed E-state index contributed by atoms with van der Waals surface area (Å²) in [7, 11) is 0. The van der Waals surface area contributed by atoms with E-state index >= 15 is 0 Å². The van der Waals surface area contributed by atoms with Crippen LogP contribution >= 0.6 is 23.2 Å². The van der Waals surface area contributed by atoms with Crippen LogP contribution in [0.3, 0.4) is 0 Å². The van der Waals surface area contributed by atoms with E-state index in [1.807, 2.05) is 0 Å². The molecule has 0 aliphatic rings. The molecule has 0 aliphatic heterocycles. The van der Waals surface area contributed by atoms with E-state index in [0.29, 0.717) is 0 Å². The van der Waals surface area contributed by atoms with Gasteiger partial charge in [0.1, 0.15) is 0 Å². The molecule has 0 N–H and O–H groups in total. The number of amides is 2. The van der Waals surface area contributed by atoms with Gasteiger partial charge in [-0.3, -0.25) is 19.7 Å². The van der Waals surface area contributed by atoms with Crippen molar-refractivity contribution >= 4 is 46.4 Å². The predicted octanol–water partition coefficient (Wildman–Crippen LogP) is 2.80. The maximum Gasteiger partial charge on any atom is 0.272 e. The monoisotopic (exact) mass is 290 g/mol. The highest BCUT2D eigenvalue weighted by molar-refractivity contribution is 6.41. The third-order valence-corrected chi connectivity index (χ3v) is 2.64. The van der Waals surface area contributed by atoms with Crippen LogP contribution in [0.5, 0.6) is 0 Å². The Kier molecular flexibility index (Phi) is 4.26. The van der Waals surface area contributed by atoms with Crippen molar-refractivity contribution in [3.63, 3.8) is 0 Å². The van der Waals surface area contributed by atoms with Gasteiger partial charge in [-0.15, -0.1) is 0 Å². The van der Waals surface area contributed by atoms with Gasteiger partial charge in [0.05, 0.1) is 20.7 Å². The Balaban J connectivity index is 3.46. The van der Waals surface area contributed by atoms with Gasteiger partial charge in [0, 0.05) is 26.0 Å². The SMILES string of the molecule is CC(=O)N(C(C)=O)c1c(Cl)cc([N+](=O)[O-])cc1Cl. The number of benzene rings is 1. The summed E-state index contributed by atoms with van der Waals surface area (Å²) in [5, 5.41) is 10.3. The van der Waals surface area contributed by atoms with E-state index in [4.69, 9.17) is 23.2 Å². The summed E-state index contributed by atoms with van der Waals surface area (Å²) in [5.41, 5.74) is -0.371. The Labute approximate surface area is 112 Å². The summed E-state index contributed by atoms with van der Waals surface area (Å²) >= 11 is 11.7. The van der Waals surface area contributed by atoms with Crippen LogP contribution in [0.15, 0.2) is 12.1 Å². The molecule has 0 spiro atoms. The summed E-state index contributed by atoms with van der Waals surface area (Å²) in [6.45, 7) is 2.32. The Bertz CT molecular complexity index is 508. The summed E-state index contributed by atoms with van der Waals surface area (Å²) in [5.74, 6) is -1.17. The average Bonchev–Trinajstić information content (AvgIpc) is 2.21. The van der Waals surface area contributed by atoms with Gasteiger partial charge in [-0.25, -0.2) is 4.90 Å². The number of carbonyl (C=O) groups excluding carboxylic acids is 2. The normalized spacial score (nSPS) is 10.0. The highest BCUT2D eigenvalue weighted by Crippen LogP contribution is 2.37. The molecule has 8 heteroatoms. The molecular weight excluding hydrogens is 283 g/mol. The van der Waals surface area contributed by atoms with Crippen molar-refractivity contribution in [1.29, 1.82) is 0 Å². The van der Waals surface area contributed by atoms with Gasteiger partial charge >= 0.3 is 0 Å². The van der Waals surface area contributed by atoms with Crippen LogP contribution < -0.4 is 4.90 Å². The topological polar surface area (TPSA) is 80.5 Å². The predicted molar refractivity (Wildman–Crippen MR) is 67.0 cm³/mol. The van der Waals surface area contributed by atoms with Crippen molar-refractivity contribution in [3.8, 4) is 0 Å². The minimum absolute atomic E-state index is 0.0519. The number of anilines is 1. The third-order valence-electron chi connectivity index (χ3n) is 2.07. The number of halogens is 2. The van der Waals surface area contributed by atoms with E-state index in [1.54, 1.807) is 0 Å². The van der Waals surface area contributed by atoms with E-state index in [-0.39, 0.29) is 21.4 Å². The number of carbonyl (C=O) groups is 2. The minimum atomic E-state index is -0.673. The zero-order chi connectivity index (χ0) is 14.0. The van der Waals surface area contributed by atoms with Gasteiger partial charge in [0.25, 0.3) is 5.69 Å². The van der Waals surface area contributed by atoms with Crippen LogP contribution in [0.4, 0.5) is 11.4 Å². The van der Waals surface area contributed by atoms with Gasteiger partial charge in [-0.2, -0.15) is 0 Å². The summed E-state index contributed by atoms with van der Waals surface area (Å²) in [6, 6.07) is 2.06. The van der Waals surface area contributed by atoms with E-state index in [0.717, 1.165) is 30.9 Å². The van der Waals surface area contributed by atoms with Crippen molar-refractivity contribution in [1.82, 2.24) is 0 Å². The number of hydrogen-bond donors (Lipinski definition) is 0. The number of nitro groups is 1. The Morgan fingerprint density at radius 3 is 1.83 bits per heavy atom. The fraction of sp³-hybridized carbons (Fsp3) is 0.200. The maximum absolute atomic E-state index is 11.4. The number of hydrogen-bond acceptors (Lipinski definition) is 4. The van der Waals surface area contributed by atoms with E-state index in [2.05, 4.69) is 0 Å². The fourth-order valence-electron chi connectivity index (χ4n) is 1.41. The molecule has 0 aromatic heterocycles. The smallest absolute Gasteiger partial charge is 0.272 e. The molecule has 1 aromatic rings. The molecule has 0 saturated heterocycles. The Morgan fingerprint density at radius 2 is 1.56 bits per heavy atom. The zero-order valence-corrected chi connectivity index (χ0v) is 10.9. The number of rotatable bonds is 2. The molecule has 1 rings (SSSR count). The zero-order valence-electron chi connectivity index (χ0n) is 9.44. The van der Waals surface area contributed by atoms with Crippen molar-refractivity contribution in [2.75, 3.05) is 4.90 Å². The fourth-order valence-corrected chi connectivity index (χ4v) is 2.05. The quantitative estimate of drug-likeness (QED) is 0.619. The molecule has 96 valence electrons. The molecule has 0 atom stereocenters. The second-order valence-corrected chi connectivity index (χ2v) is 4.20. The standard InChI is InChI=1S/C10H8Cl2N2O4/c1-5(15)13(6(2)16)10-8(11)3-7(14(17)18)4-9(10)12/h3-4H,1-2H3. The number of non-ortho nitro benzene ring substituents is 1. The van der Waals surface area contributed by atoms with Gasteiger partial charge in [0.15, 0.2) is 0 Å². The van der Waals surface area contributed by atoms with E-state index in [9.17, 15) is 19.7 Å². The first kappa shape index (κ1) is 14.4. The molecule has 0 unspecified atom stereocenters. The second-order valence-electron chi connectivity index (χ2n) is 3.39.